The molecule has 0 saturated carbocycles. The zero-order valence-electron chi connectivity index (χ0n) is 10.9. The fourth-order valence-corrected chi connectivity index (χ4v) is 1.80. The summed E-state index contributed by atoms with van der Waals surface area (Å²) in [4.78, 5) is 21.3. The van der Waals surface area contributed by atoms with Crippen molar-refractivity contribution in [3.05, 3.63) is 33.9 Å². The third-order valence-corrected chi connectivity index (χ3v) is 2.65. The van der Waals surface area contributed by atoms with Gasteiger partial charge < -0.3 is 20.3 Å². The summed E-state index contributed by atoms with van der Waals surface area (Å²) in [6, 6.07) is 3.66. The van der Waals surface area contributed by atoms with E-state index < -0.39 is 16.6 Å². The number of benzene rings is 1. The lowest BCUT2D eigenvalue weighted by atomic mass is 10.1. The maximum Gasteiger partial charge on any atom is 0.342 e. The Morgan fingerprint density at radius 2 is 2.25 bits per heavy atom. The number of methoxy groups -OCH3 is 1. The van der Waals surface area contributed by atoms with Crippen molar-refractivity contribution >= 4 is 17.3 Å². The second-order valence-electron chi connectivity index (χ2n) is 4.07. The molecule has 1 rings (SSSR count). The van der Waals surface area contributed by atoms with Crippen molar-refractivity contribution in [2.45, 2.75) is 12.5 Å². The summed E-state index contributed by atoms with van der Waals surface area (Å²) in [6.45, 7) is 0.114. The molecule has 1 unspecified atom stereocenters. The van der Waals surface area contributed by atoms with Crippen LogP contribution in [0.3, 0.4) is 0 Å². The first kappa shape index (κ1) is 15.9. The number of para-hydroxylation sites is 1. The van der Waals surface area contributed by atoms with Crippen molar-refractivity contribution in [3.8, 4) is 0 Å². The van der Waals surface area contributed by atoms with Gasteiger partial charge in [-0.2, -0.15) is 0 Å². The molecule has 0 spiro atoms. The smallest absolute Gasteiger partial charge is 0.342 e. The molecule has 20 heavy (non-hydrogen) atoms. The van der Waals surface area contributed by atoms with Crippen molar-refractivity contribution in [1.29, 1.82) is 0 Å². The lowest BCUT2D eigenvalue weighted by molar-refractivity contribution is -0.384. The van der Waals surface area contributed by atoms with Gasteiger partial charge in [0, 0.05) is 13.7 Å². The van der Waals surface area contributed by atoms with Crippen LogP contribution < -0.4 is 5.32 Å². The third kappa shape index (κ3) is 3.90. The average molecular weight is 284 g/mol. The third-order valence-electron chi connectivity index (χ3n) is 2.65. The van der Waals surface area contributed by atoms with Crippen LogP contribution in [0.5, 0.6) is 0 Å². The number of hydrogen-bond acceptors (Lipinski definition) is 6. The summed E-state index contributed by atoms with van der Waals surface area (Å²) in [7, 11) is 1.47. The first-order chi connectivity index (χ1) is 9.51. The van der Waals surface area contributed by atoms with Gasteiger partial charge in [-0.1, -0.05) is 6.07 Å². The van der Waals surface area contributed by atoms with E-state index in [-0.39, 0.29) is 30.5 Å². The zero-order chi connectivity index (χ0) is 15.1. The second kappa shape index (κ2) is 7.41. The molecular weight excluding hydrogens is 268 g/mol. The summed E-state index contributed by atoms with van der Waals surface area (Å²) >= 11 is 0. The number of aliphatic hydroxyl groups excluding tert-OH is 1. The maximum absolute atomic E-state index is 11.1. The number of hydrogen-bond donors (Lipinski definition) is 3. The number of aromatic carboxylic acids is 1. The molecule has 0 aliphatic rings. The van der Waals surface area contributed by atoms with E-state index in [1.165, 1.54) is 25.3 Å². The predicted molar refractivity (Wildman–Crippen MR) is 71.0 cm³/mol. The predicted octanol–water partition coefficient (Wildman–Crippen LogP) is 1.10. The van der Waals surface area contributed by atoms with Crippen LogP contribution in [0, 0.1) is 10.1 Å². The molecule has 0 aliphatic heterocycles. The Labute approximate surface area is 115 Å². The maximum atomic E-state index is 11.1. The van der Waals surface area contributed by atoms with E-state index in [9.17, 15) is 14.9 Å². The highest BCUT2D eigenvalue weighted by molar-refractivity contribution is 5.95. The number of carboxylic acid groups (broad SMARTS) is 1. The van der Waals surface area contributed by atoms with E-state index in [4.69, 9.17) is 14.9 Å². The fourth-order valence-electron chi connectivity index (χ4n) is 1.80. The molecule has 0 fully saturated rings. The number of anilines is 1. The van der Waals surface area contributed by atoms with Crippen molar-refractivity contribution in [2.75, 3.05) is 25.6 Å². The van der Waals surface area contributed by atoms with Crippen LogP contribution in [-0.2, 0) is 4.74 Å². The minimum atomic E-state index is -1.37. The van der Waals surface area contributed by atoms with Gasteiger partial charge in [-0.25, -0.2) is 4.79 Å². The van der Waals surface area contributed by atoms with Crippen LogP contribution in [0.1, 0.15) is 16.8 Å². The summed E-state index contributed by atoms with van der Waals surface area (Å²) in [5, 5.41) is 31.8. The number of aliphatic hydroxyl groups is 1. The Bertz CT molecular complexity index is 485. The van der Waals surface area contributed by atoms with Gasteiger partial charge in [0.2, 0.25) is 0 Å². The molecule has 0 saturated heterocycles. The highest BCUT2D eigenvalue weighted by Gasteiger charge is 2.25. The van der Waals surface area contributed by atoms with Gasteiger partial charge in [0.05, 0.1) is 17.6 Å². The molecule has 0 bridgehead atoms. The Kier molecular flexibility index (Phi) is 5.88. The van der Waals surface area contributed by atoms with Crippen LogP contribution in [0.15, 0.2) is 18.2 Å². The molecule has 0 amide bonds. The molecule has 1 aromatic rings. The van der Waals surface area contributed by atoms with Crippen LogP contribution >= 0.6 is 0 Å². The molecule has 0 aromatic heterocycles. The lowest BCUT2D eigenvalue weighted by Gasteiger charge is -2.18. The molecule has 8 nitrogen and oxygen atoms in total. The summed E-state index contributed by atoms with van der Waals surface area (Å²) in [5.74, 6) is -1.37. The molecule has 8 heteroatoms. The molecule has 0 aliphatic carbocycles. The van der Waals surface area contributed by atoms with E-state index in [2.05, 4.69) is 5.32 Å². The monoisotopic (exact) mass is 284 g/mol. The van der Waals surface area contributed by atoms with Crippen LogP contribution in [-0.4, -0.2) is 47.5 Å². The quantitative estimate of drug-likeness (QED) is 0.482. The largest absolute Gasteiger partial charge is 0.477 e. The van der Waals surface area contributed by atoms with Crippen molar-refractivity contribution < 1.29 is 24.7 Å². The van der Waals surface area contributed by atoms with Gasteiger partial charge >= 0.3 is 11.7 Å². The Balaban J connectivity index is 3.13. The van der Waals surface area contributed by atoms with E-state index in [1.54, 1.807) is 0 Å². The Morgan fingerprint density at radius 3 is 2.75 bits per heavy atom. The van der Waals surface area contributed by atoms with Gasteiger partial charge in [0.25, 0.3) is 0 Å². The first-order valence-electron chi connectivity index (χ1n) is 5.88. The standard InChI is InChI=1S/C12H16N2O6/c1-20-7-8(5-6-15)13-10-4-2-3-9(12(16)17)11(10)14(18)19/h2-4,8,13,15H,5-7H2,1H3,(H,16,17). The zero-order valence-corrected chi connectivity index (χ0v) is 10.9. The van der Waals surface area contributed by atoms with Crippen LogP contribution in [0.4, 0.5) is 11.4 Å². The number of nitrogens with zero attached hydrogens (tertiary/aromatic N) is 1. The van der Waals surface area contributed by atoms with Crippen LogP contribution in [0.25, 0.3) is 0 Å². The first-order valence-corrected chi connectivity index (χ1v) is 5.88. The van der Waals surface area contributed by atoms with Gasteiger partial charge in [-0.15, -0.1) is 0 Å². The van der Waals surface area contributed by atoms with E-state index >= 15 is 0 Å². The molecule has 1 aromatic carbocycles. The molecule has 0 heterocycles. The van der Waals surface area contributed by atoms with Gasteiger partial charge in [-0.3, -0.25) is 10.1 Å². The molecule has 1 atom stereocenters. The van der Waals surface area contributed by atoms with E-state index in [0.717, 1.165) is 0 Å². The number of rotatable bonds is 8. The number of carbonyl (C=O) groups is 1. The lowest BCUT2D eigenvalue weighted by Crippen LogP contribution is -2.26. The van der Waals surface area contributed by atoms with Gasteiger partial charge in [-0.05, 0) is 18.6 Å². The van der Waals surface area contributed by atoms with E-state index in [1.807, 2.05) is 0 Å². The SMILES string of the molecule is COCC(CCO)Nc1cccc(C(=O)O)c1[N+](=O)[O-]. The normalized spacial score (nSPS) is 11.9. The van der Waals surface area contributed by atoms with Gasteiger partial charge in [0.15, 0.2) is 0 Å². The number of nitro groups is 1. The minimum absolute atomic E-state index is 0.0883. The summed E-state index contributed by atoms with van der Waals surface area (Å²) in [5.41, 5.74) is -0.801. The van der Waals surface area contributed by atoms with Crippen LogP contribution in [0.2, 0.25) is 0 Å². The number of nitro benzene ring substituents is 1. The minimum Gasteiger partial charge on any atom is -0.477 e. The number of carboxylic acids is 1. The van der Waals surface area contributed by atoms with Crippen molar-refractivity contribution in [1.82, 2.24) is 0 Å². The Morgan fingerprint density at radius 1 is 1.55 bits per heavy atom. The van der Waals surface area contributed by atoms with Crippen molar-refractivity contribution in [3.63, 3.8) is 0 Å². The Hall–Kier alpha value is -2.19. The summed E-state index contributed by atoms with van der Waals surface area (Å²) < 4.78 is 4.95. The second-order valence-corrected chi connectivity index (χ2v) is 4.07. The summed E-state index contributed by atoms with van der Waals surface area (Å²) in [6.07, 6.45) is 0.322. The topological polar surface area (TPSA) is 122 Å². The van der Waals surface area contributed by atoms with E-state index in [0.29, 0.717) is 6.42 Å². The highest BCUT2D eigenvalue weighted by atomic mass is 16.6. The molecular formula is C12H16N2O6. The van der Waals surface area contributed by atoms with Crippen molar-refractivity contribution in [2.24, 2.45) is 0 Å². The number of nitrogens with one attached hydrogen (secondary N) is 1. The molecule has 110 valence electrons. The molecule has 3 N–H and O–H groups in total. The average Bonchev–Trinajstić information content (AvgIpc) is 2.38. The number of ether oxygens (including phenoxy) is 1. The molecule has 0 radical (unpaired) electrons. The van der Waals surface area contributed by atoms with Gasteiger partial charge in [0.1, 0.15) is 11.3 Å². The fraction of sp³-hybridized carbons (Fsp3) is 0.417. The highest BCUT2D eigenvalue weighted by Crippen LogP contribution is 2.29.